The maximum Gasteiger partial charge on any atom is 0.223 e. The summed E-state index contributed by atoms with van der Waals surface area (Å²) in [4.78, 5) is 12.6. The van der Waals surface area contributed by atoms with E-state index >= 15 is 0 Å². The van der Waals surface area contributed by atoms with E-state index < -0.39 is 0 Å². The molecule has 0 radical (unpaired) electrons. The van der Waals surface area contributed by atoms with Crippen LogP contribution < -0.4 is 11.1 Å². The van der Waals surface area contributed by atoms with Crippen molar-refractivity contribution in [3.8, 4) is 0 Å². The van der Waals surface area contributed by atoms with Crippen LogP contribution in [-0.2, 0) is 11.2 Å². The highest BCUT2D eigenvalue weighted by Crippen LogP contribution is 2.37. The molecule has 0 aromatic heterocycles. The number of carbonyl (C=O) groups is 1. The van der Waals surface area contributed by atoms with Gasteiger partial charge in [-0.2, -0.15) is 0 Å². The summed E-state index contributed by atoms with van der Waals surface area (Å²) in [6, 6.07) is 8.65. The average Bonchev–Trinajstić information content (AvgIpc) is 3.04. The lowest BCUT2D eigenvalue weighted by atomic mass is 9.94. The maximum absolute atomic E-state index is 12.6. The van der Waals surface area contributed by atoms with Crippen LogP contribution in [0.2, 0.25) is 0 Å². The van der Waals surface area contributed by atoms with Crippen LogP contribution in [0.4, 0.5) is 0 Å². The zero-order chi connectivity index (χ0) is 14.1. The number of rotatable bonds is 3. The molecule has 0 saturated heterocycles. The highest BCUT2D eigenvalue weighted by molar-refractivity contribution is 5.85. The van der Waals surface area contributed by atoms with Gasteiger partial charge < -0.3 is 11.1 Å². The van der Waals surface area contributed by atoms with Crippen LogP contribution in [0.25, 0.3) is 0 Å². The van der Waals surface area contributed by atoms with Crippen LogP contribution >= 0.6 is 12.4 Å². The van der Waals surface area contributed by atoms with Crippen LogP contribution in [0.1, 0.15) is 43.4 Å². The smallest absolute Gasteiger partial charge is 0.223 e. The number of fused-ring (bicyclic) bond motifs is 1. The number of halogens is 1. The van der Waals surface area contributed by atoms with E-state index in [1.165, 1.54) is 11.1 Å². The molecule has 1 aromatic rings. The van der Waals surface area contributed by atoms with E-state index in [9.17, 15) is 4.79 Å². The molecule has 0 aliphatic heterocycles. The van der Waals surface area contributed by atoms with Gasteiger partial charge in [-0.05, 0) is 48.8 Å². The third kappa shape index (κ3) is 3.09. The summed E-state index contributed by atoms with van der Waals surface area (Å²) in [6.07, 6.45) is 4.30. The molecule has 1 amide bonds. The first kappa shape index (κ1) is 16.3. The second-order valence-electron chi connectivity index (χ2n) is 6.40. The van der Waals surface area contributed by atoms with Crippen LogP contribution in [0.5, 0.6) is 0 Å². The molecule has 4 atom stereocenters. The lowest BCUT2D eigenvalue weighted by molar-refractivity contribution is -0.127. The Bertz CT molecular complexity index is 505. The van der Waals surface area contributed by atoms with Crippen molar-refractivity contribution in [1.82, 2.24) is 5.32 Å². The number of benzene rings is 1. The van der Waals surface area contributed by atoms with E-state index in [0.717, 1.165) is 25.7 Å². The molecular weight excluding hydrogens is 284 g/mol. The minimum Gasteiger partial charge on any atom is -0.349 e. The zero-order valence-corrected chi connectivity index (χ0v) is 13.4. The summed E-state index contributed by atoms with van der Waals surface area (Å²) in [5.41, 5.74) is 8.48. The third-order valence-electron chi connectivity index (χ3n) is 5.10. The Kier molecular flexibility index (Phi) is 5.28. The standard InChI is InChI=1S/C17H24N2O.ClH/c1-11-9-12-5-2-3-7-14(12)16(11)19-17(20)15-8-4-6-13(15)10-18;/h2-3,5,7,11,13,15-16H,4,6,8-10,18H2,1H3,(H,19,20);1H/t11?,13-,15-,16?;/m1./s1. The van der Waals surface area contributed by atoms with E-state index in [4.69, 9.17) is 5.73 Å². The van der Waals surface area contributed by atoms with E-state index in [-0.39, 0.29) is 30.3 Å². The molecule has 3 N–H and O–H groups in total. The fraction of sp³-hybridized carbons (Fsp3) is 0.588. The van der Waals surface area contributed by atoms with Gasteiger partial charge in [0, 0.05) is 5.92 Å². The van der Waals surface area contributed by atoms with Gasteiger partial charge in [-0.15, -0.1) is 12.4 Å². The minimum atomic E-state index is 0. The Labute approximate surface area is 133 Å². The fourth-order valence-corrected chi connectivity index (χ4v) is 3.94. The Balaban J connectivity index is 0.00000161. The van der Waals surface area contributed by atoms with E-state index in [1.807, 2.05) is 0 Å². The van der Waals surface area contributed by atoms with Crippen LogP contribution in [0.3, 0.4) is 0 Å². The monoisotopic (exact) mass is 308 g/mol. The third-order valence-corrected chi connectivity index (χ3v) is 5.10. The van der Waals surface area contributed by atoms with Gasteiger partial charge in [0.15, 0.2) is 0 Å². The Hall–Kier alpha value is -1.06. The summed E-state index contributed by atoms with van der Waals surface area (Å²) in [5, 5.41) is 3.30. The van der Waals surface area contributed by atoms with Crippen molar-refractivity contribution in [1.29, 1.82) is 0 Å². The fourth-order valence-electron chi connectivity index (χ4n) is 3.94. The summed E-state index contributed by atoms with van der Waals surface area (Å²) in [6.45, 7) is 2.86. The van der Waals surface area contributed by atoms with Gasteiger partial charge in [-0.1, -0.05) is 37.6 Å². The summed E-state index contributed by atoms with van der Waals surface area (Å²) < 4.78 is 0. The lowest BCUT2D eigenvalue weighted by Crippen LogP contribution is -2.38. The molecule has 21 heavy (non-hydrogen) atoms. The number of hydrogen-bond acceptors (Lipinski definition) is 2. The van der Waals surface area contributed by atoms with E-state index in [0.29, 0.717) is 18.4 Å². The maximum atomic E-state index is 12.6. The predicted molar refractivity (Wildman–Crippen MR) is 87.3 cm³/mol. The SMILES string of the molecule is CC1Cc2ccccc2C1NC(=O)[C@@H]1CCC[C@@H]1CN.Cl. The molecular formula is C17H25ClN2O. The Morgan fingerprint density at radius 2 is 2.10 bits per heavy atom. The first-order valence-corrected chi connectivity index (χ1v) is 7.79. The summed E-state index contributed by atoms with van der Waals surface area (Å²) in [5.74, 6) is 1.20. The second-order valence-corrected chi connectivity index (χ2v) is 6.40. The van der Waals surface area contributed by atoms with Crippen molar-refractivity contribution < 1.29 is 4.79 Å². The highest BCUT2D eigenvalue weighted by Gasteiger charge is 2.36. The number of amides is 1. The van der Waals surface area contributed by atoms with Crippen molar-refractivity contribution in [3.63, 3.8) is 0 Å². The van der Waals surface area contributed by atoms with Crippen LogP contribution in [0.15, 0.2) is 24.3 Å². The topological polar surface area (TPSA) is 55.1 Å². The quantitative estimate of drug-likeness (QED) is 0.902. The van der Waals surface area contributed by atoms with Gasteiger partial charge >= 0.3 is 0 Å². The van der Waals surface area contributed by atoms with Crippen molar-refractivity contribution >= 4 is 18.3 Å². The molecule has 4 heteroatoms. The minimum absolute atomic E-state index is 0. The molecule has 0 bridgehead atoms. The van der Waals surface area contributed by atoms with Crippen molar-refractivity contribution in [2.24, 2.45) is 23.5 Å². The number of hydrogen-bond donors (Lipinski definition) is 2. The van der Waals surface area contributed by atoms with Crippen LogP contribution in [0, 0.1) is 17.8 Å². The largest absolute Gasteiger partial charge is 0.349 e. The second kappa shape index (κ2) is 6.80. The molecule has 2 aliphatic carbocycles. The molecule has 116 valence electrons. The van der Waals surface area contributed by atoms with E-state index in [2.05, 4.69) is 36.5 Å². The van der Waals surface area contributed by atoms with Crippen molar-refractivity contribution in [3.05, 3.63) is 35.4 Å². The van der Waals surface area contributed by atoms with Gasteiger partial charge in [-0.25, -0.2) is 0 Å². The molecule has 3 nitrogen and oxygen atoms in total. The van der Waals surface area contributed by atoms with Gasteiger partial charge in [0.25, 0.3) is 0 Å². The number of nitrogens with two attached hydrogens (primary N) is 1. The molecule has 3 rings (SSSR count). The molecule has 1 aromatic carbocycles. The molecule has 2 aliphatic rings. The first-order valence-electron chi connectivity index (χ1n) is 7.79. The molecule has 0 heterocycles. The molecule has 1 fully saturated rings. The highest BCUT2D eigenvalue weighted by atomic mass is 35.5. The molecule has 2 unspecified atom stereocenters. The Morgan fingerprint density at radius 1 is 1.33 bits per heavy atom. The van der Waals surface area contributed by atoms with Crippen molar-refractivity contribution in [2.75, 3.05) is 6.54 Å². The lowest BCUT2D eigenvalue weighted by Gasteiger charge is -2.23. The average molecular weight is 309 g/mol. The number of carbonyl (C=O) groups excluding carboxylic acids is 1. The summed E-state index contributed by atoms with van der Waals surface area (Å²) in [7, 11) is 0. The first-order chi connectivity index (χ1) is 9.70. The van der Waals surface area contributed by atoms with Gasteiger partial charge in [-0.3, -0.25) is 4.79 Å². The van der Waals surface area contributed by atoms with Crippen molar-refractivity contribution in [2.45, 2.75) is 38.6 Å². The Morgan fingerprint density at radius 3 is 2.86 bits per heavy atom. The predicted octanol–water partition coefficient (Wildman–Crippen LogP) is 2.83. The van der Waals surface area contributed by atoms with Gasteiger partial charge in [0.1, 0.15) is 0 Å². The molecule has 0 spiro atoms. The van der Waals surface area contributed by atoms with Crippen LogP contribution in [-0.4, -0.2) is 12.5 Å². The summed E-state index contributed by atoms with van der Waals surface area (Å²) >= 11 is 0. The van der Waals surface area contributed by atoms with E-state index in [1.54, 1.807) is 0 Å². The zero-order valence-electron chi connectivity index (χ0n) is 12.5. The molecule has 1 saturated carbocycles. The number of nitrogens with one attached hydrogen (secondary N) is 1. The normalized spacial score (nSPS) is 30.6. The van der Waals surface area contributed by atoms with Gasteiger partial charge in [0.2, 0.25) is 5.91 Å². The van der Waals surface area contributed by atoms with Gasteiger partial charge in [0.05, 0.1) is 6.04 Å².